The fourth-order valence-electron chi connectivity index (χ4n) is 3.60. The average molecular weight is 483 g/mol. The summed E-state index contributed by atoms with van der Waals surface area (Å²) in [5.41, 5.74) is 2.70. The van der Waals surface area contributed by atoms with Gasteiger partial charge in [0.25, 0.3) is 11.1 Å². The number of ether oxygens (including phenoxy) is 1. The molecule has 0 aliphatic carbocycles. The highest BCUT2D eigenvalue weighted by Crippen LogP contribution is 2.32. The van der Waals surface area contributed by atoms with Crippen molar-refractivity contribution in [3.05, 3.63) is 107 Å². The van der Waals surface area contributed by atoms with E-state index in [0.29, 0.717) is 43.9 Å². The second-order valence-electron chi connectivity index (χ2n) is 7.11. The molecule has 0 fully saturated rings. The lowest BCUT2D eigenvalue weighted by molar-refractivity contribution is 0.0734. The highest BCUT2D eigenvalue weighted by Gasteiger charge is 2.28. The minimum atomic E-state index is -0.599. The number of carbonyl (C=O) groups excluding carboxylic acids is 1. The van der Waals surface area contributed by atoms with E-state index < -0.39 is 11.9 Å². The van der Waals surface area contributed by atoms with Crippen LogP contribution in [-0.4, -0.2) is 26.4 Å². The van der Waals surface area contributed by atoms with Gasteiger partial charge in [0, 0.05) is 21.8 Å². The van der Waals surface area contributed by atoms with Gasteiger partial charge in [-0.1, -0.05) is 24.3 Å². The summed E-state index contributed by atoms with van der Waals surface area (Å²) in [7, 11) is 0. The van der Waals surface area contributed by atoms with Gasteiger partial charge in [-0.2, -0.15) is 0 Å². The zero-order valence-corrected chi connectivity index (χ0v) is 18.3. The molecule has 0 bridgehead atoms. The van der Waals surface area contributed by atoms with Crippen molar-refractivity contribution in [2.45, 2.75) is 19.8 Å². The maximum absolute atomic E-state index is 12.5. The molecule has 2 aromatic heterocycles. The molecule has 0 spiro atoms. The van der Waals surface area contributed by atoms with E-state index in [0.717, 1.165) is 0 Å². The lowest BCUT2D eigenvalue weighted by Gasteiger charge is -2.16. The summed E-state index contributed by atoms with van der Waals surface area (Å²) in [6.45, 7) is 3.54. The molecule has 0 aliphatic heterocycles. The molecule has 8 nitrogen and oxygen atoms in total. The van der Waals surface area contributed by atoms with Gasteiger partial charge in [0.15, 0.2) is 0 Å². The smallest absolute Gasteiger partial charge is 0.344 e. The van der Waals surface area contributed by atoms with Crippen LogP contribution in [0.5, 0.6) is 5.75 Å². The molecule has 2 aromatic carbocycles. The molecule has 0 unspecified atom stereocenters. The van der Waals surface area contributed by atoms with E-state index in [9.17, 15) is 14.4 Å². The average Bonchev–Trinajstić information content (AvgIpc) is 3.26. The summed E-state index contributed by atoms with van der Waals surface area (Å²) in [5, 5.41) is 10.8. The number of aromatic nitrogens is 4. The van der Waals surface area contributed by atoms with Crippen molar-refractivity contribution in [3.63, 3.8) is 0 Å². The van der Waals surface area contributed by atoms with Gasteiger partial charge in [0.2, 0.25) is 0 Å². The van der Waals surface area contributed by atoms with Crippen molar-refractivity contribution in [1.82, 2.24) is 20.4 Å². The Morgan fingerprint density at radius 1 is 0.839 bits per heavy atom. The quantitative estimate of drug-likeness (QED) is 0.256. The molecule has 0 radical (unpaired) electrons. The van der Waals surface area contributed by atoms with Crippen LogP contribution in [-0.2, 0) is 0 Å². The van der Waals surface area contributed by atoms with Crippen molar-refractivity contribution in [3.8, 4) is 5.75 Å². The van der Waals surface area contributed by atoms with E-state index in [1.165, 1.54) is 0 Å². The van der Waals surface area contributed by atoms with Gasteiger partial charge in [-0.15, -0.1) is 0 Å². The molecular weight excluding hydrogens is 464 g/mol. The molecule has 0 atom stereocenters. The van der Waals surface area contributed by atoms with Gasteiger partial charge in [0.05, 0.1) is 16.7 Å². The molecule has 4 rings (SSSR count). The molecule has 31 heavy (non-hydrogen) atoms. The van der Waals surface area contributed by atoms with Crippen LogP contribution < -0.4 is 15.9 Å². The highest BCUT2D eigenvalue weighted by atomic mass is 79.9. The summed E-state index contributed by atoms with van der Waals surface area (Å²) in [4.78, 5) is 37.4. The van der Waals surface area contributed by atoms with Gasteiger partial charge < -0.3 is 14.9 Å². The summed E-state index contributed by atoms with van der Waals surface area (Å²) >= 11 is 3.34. The number of hydrogen-bond acceptors (Lipinski definition) is 4. The van der Waals surface area contributed by atoms with E-state index >= 15 is 0 Å². The number of aryl methyl sites for hydroxylation is 2. The van der Waals surface area contributed by atoms with Crippen molar-refractivity contribution in [1.29, 1.82) is 0 Å². The van der Waals surface area contributed by atoms with E-state index in [2.05, 4.69) is 36.3 Å². The summed E-state index contributed by atoms with van der Waals surface area (Å²) in [6.07, 6.45) is 0. The number of hydrogen-bond donors (Lipinski definition) is 4. The Balaban J connectivity index is 1.71. The number of nitrogens with one attached hydrogen (secondary N) is 4. The van der Waals surface area contributed by atoms with Gasteiger partial charge in [-0.3, -0.25) is 19.8 Å². The maximum Gasteiger partial charge on any atom is 0.344 e. The summed E-state index contributed by atoms with van der Waals surface area (Å²) in [5.74, 6) is -0.742. The Labute approximate surface area is 184 Å². The largest absolute Gasteiger partial charge is 0.423 e. The monoisotopic (exact) mass is 482 g/mol. The molecule has 4 N–H and O–H groups in total. The topological polar surface area (TPSA) is 124 Å². The van der Waals surface area contributed by atoms with E-state index in [1.807, 2.05) is 6.07 Å². The number of H-pyrrole nitrogens is 4. The third-order valence-corrected chi connectivity index (χ3v) is 5.81. The van der Waals surface area contributed by atoms with Gasteiger partial charge >= 0.3 is 5.97 Å². The Bertz CT molecular complexity index is 1310. The minimum Gasteiger partial charge on any atom is -0.423 e. The van der Waals surface area contributed by atoms with Gasteiger partial charge in [0.1, 0.15) is 5.75 Å². The first-order valence-corrected chi connectivity index (χ1v) is 10.3. The van der Waals surface area contributed by atoms with Crippen LogP contribution in [0.4, 0.5) is 0 Å². The molecule has 0 aliphatic rings. The van der Waals surface area contributed by atoms with Crippen LogP contribution >= 0.6 is 15.9 Å². The lowest BCUT2D eigenvalue weighted by Crippen LogP contribution is -2.20. The number of aromatic amines is 4. The molecule has 158 valence electrons. The number of benzene rings is 2. The van der Waals surface area contributed by atoms with E-state index in [1.54, 1.807) is 56.3 Å². The predicted molar refractivity (Wildman–Crippen MR) is 119 cm³/mol. The summed E-state index contributed by atoms with van der Waals surface area (Å²) < 4.78 is 6.12. The molecule has 0 saturated carbocycles. The predicted octanol–water partition coefficient (Wildman–Crippen LogP) is 3.50. The Morgan fingerprint density at radius 3 is 1.87 bits per heavy atom. The van der Waals surface area contributed by atoms with Crippen molar-refractivity contribution in [2.75, 3.05) is 0 Å². The van der Waals surface area contributed by atoms with Crippen LogP contribution in [0, 0.1) is 13.8 Å². The zero-order chi connectivity index (χ0) is 22.1. The standard InChI is InChI=1S/C22H19BrN4O4/c1-11-17(20(28)26-24-11)19(18-12(2)25-27-21(18)29)13-7-9-14(10-8-13)31-22(30)15-5-3-4-6-16(15)23/h3-10,19H,1-2H3,(H2,24,26,28)(H2,25,27,29). The first kappa shape index (κ1) is 20.7. The third-order valence-electron chi connectivity index (χ3n) is 5.12. The first-order chi connectivity index (χ1) is 14.9. The van der Waals surface area contributed by atoms with E-state index in [4.69, 9.17) is 4.74 Å². The van der Waals surface area contributed by atoms with Crippen LogP contribution in [0.25, 0.3) is 0 Å². The molecule has 0 amide bonds. The van der Waals surface area contributed by atoms with Crippen LogP contribution in [0.1, 0.15) is 44.4 Å². The molecule has 0 saturated heterocycles. The van der Waals surface area contributed by atoms with Crippen molar-refractivity contribution >= 4 is 21.9 Å². The fourth-order valence-corrected chi connectivity index (χ4v) is 4.05. The molecule has 9 heteroatoms. The third kappa shape index (κ3) is 3.91. The highest BCUT2D eigenvalue weighted by molar-refractivity contribution is 9.10. The molecule has 4 aromatic rings. The Kier molecular flexibility index (Phi) is 5.51. The van der Waals surface area contributed by atoms with Gasteiger partial charge in [-0.25, -0.2) is 4.79 Å². The van der Waals surface area contributed by atoms with Crippen molar-refractivity contribution in [2.24, 2.45) is 0 Å². The number of rotatable bonds is 5. The number of carbonyl (C=O) groups is 1. The van der Waals surface area contributed by atoms with E-state index in [-0.39, 0.29) is 11.1 Å². The number of halogens is 1. The minimum absolute atomic E-state index is 0.299. The maximum atomic E-state index is 12.5. The van der Waals surface area contributed by atoms with Gasteiger partial charge in [-0.05, 0) is 59.6 Å². The second-order valence-corrected chi connectivity index (χ2v) is 7.96. The zero-order valence-electron chi connectivity index (χ0n) is 16.7. The number of esters is 1. The normalized spacial score (nSPS) is 11.1. The summed E-state index contributed by atoms with van der Waals surface area (Å²) in [6, 6.07) is 13.8. The Hall–Kier alpha value is -3.59. The lowest BCUT2D eigenvalue weighted by atomic mass is 9.85. The van der Waals surface area contributed by atoms with Crippen molar-refractivity contribution < 1.29 is 9.53 Å². The molecular formula is C22H19BrN4O4. The Morgan fingerprint density at radius 2 is 1.39 bits per heavy atom. The first-order valence-electron chi connectivity index (χ1n) is 9.47. The SMILES string of the molecule is Cc1[nH][nH]c(=O)c1C(c1ccc(OC(=O)c2ccccc2Br)cc1)c1c(C)[nH][nH]c1=O. The second kappa shape index (κ2) is 8.27. The molecule has 2 heterocycles. The fraction of sp³-hybridized carbons (Fsp3) is 0.136. The van der Waals surface area contributed by atoms with Crippen LogP contribution in [0.2, 0.25) is 0 Å². The van der Waals surface area contributed by atoms with Crippen LogP contribution in [0.3, 0.4) is 0 Å². The van der Waals surface area contributed by atoms with Crippen LogP contribution in [0.15, 0.2) is 62.6 Å².